The summed E-state index contributed by atoms with van der Waals surface area (Å²) in [5.41, 5.74) is 6.27. The smallest absolute Gasteiger partial charge is 0.273 e. The van der Waals surface area contributed by atoms with Crippen molar-refractivity contribution in [3.63, 3.8) is 0 Å². The summed E-state index contributed by atoms with van der Waals surface area (Å²) in [7, 11) is 1.45. The van der Waals surface area contributed by atoms with Gasteiger partial charge in [0.05, 0.1) is 23.8 Å². The third-order valence-corrected chi connectivity index (χ3v) is 3.78. The topological polar surface area (TPSA) is 80.3 Å². The molecule has 0 aliphatic heterocycles. The van der Waals surface area contributed by atoms with Gasteiger partial charge in [0.2, 0.25) is 0 Å². The van der Waals surface area contributed by atoms with Gasteiger partial charge in [0.25, 0.3) is 11.8 Å². The van der Waals surface area contributed by atoms with Crippen molar-refractivity contribution in [2.75, 3.05) is 7.11 Å². The van der Waals surface area contributed by atoms with Crippen LogP contribution in [0.25, 0.3) is 10.9 Å². The monoisotopic (exact) mass is 353 g/mol. The van der Waals surface area contributed by atoms with E-state index < -0.39 is 17.6 Å². The van der Waals surface area contributed by atoms with Crippen LogP contribution in [0, 0.1) is 12.7 Å². The van der Waals surface area contributed by atoms with E-state index in [1.807, 2.05) is 0 Å². The van der Waals surface area contributed by atoms with Gasteiger partial charge in [-0.25, -0.2) is 4.39 Å². The number of para-hydroxylation sites is 1. The first-order chi connectivity index (χ1) is 12.5. The first kappa shape index (κ1) is 17.3. The number of nitrogens with one attached hydrogen (secondary N) is 2. The third kappa shape index (κ3) is 3.46. The molecule has 1 aromatic heterocycles. The second kappa shape index (κ2) is 7.18. The Morgan fingerprint density at radius 2 is 1.69 bits per heavy atom. The lowest BCUT2D eigenvalue weighted by atomic mass is 10.1. The van der Waals surface area contributed by atoms with E-state index in [1.165, 1.54) is 31.4 Å². The number of nitrogens with zero attached hydrogens (tertiary/aromatic N) is 1. The maximum absolute atomic E-state index is 13.6. The molecular weight excluding hydrogens is 337 g/mol. The van der Waals surface area contributed by atoms with Crippen molar-refractivity contribution in [2.24, 2.45) is 0 Å². The summed E-state index contributed by atoms with van der Waals surface area (Å²) in [6.45, 7) is 1.73. The summed E-state index contributed by atoms with van der Waals surface area (Å²) in [5.74, 6) is -1.20. The van der Waals surface area contributed by atoms with Gasteiger partial charge in [0, 0.05) is 11.1 Å². The standard InChI is InChI=1S/C19H16FN3O3/c1-11-9-15(14-10-12(20)7-8-16(14)21-11)19(25)23-22-18(24)13-5-3-4-6-17(13)26-2/h3-10H,1-2H3,(H,22,24)(H,23,25). The number of hydrazine groups is 1. The average molecular weight is 353 g/mol. The Hall–Kier alpha value is -3.48. The molecule has 0 radical (unpaired) electrons. The van der Waals surface area contributed by atoms with Crippen LogP contribution in [0.4, 0.5) is 4.39 Å². The molecule has 0 aliphatic rings. The van der Waals surface area contributed by atoms with Gasteiger partial charge in [-0.05, 0) is 43.3 Å². The van der Waals surface area contributed by atoms with Crippen LogP contribution in [0.15, 0.2) is 48.5 Å². The van der Waals surface area contributed by atoms with Crippen LogP contribution >= 0.6 is 0 Å². The molecule has 0 atom stereocenters. The number of fused-ring (bicyclic) bond motifs is 1. The number of methoxy groups -OCH3 is 1. The summed E-state index contributed by atoms with van der Waals surface area (Å²) in [6.07, 6.45) is 0. The summed E-state index contributed by atoms with van der Waals surface area (Å²) in [4.78, 5) is 29.0. The van der Waals surface area contributed by atoms with Gasteiger partial charge in [-0.3, -0.25) is 25.4 Å². The molecule has 132 valence electrons. The largest absolute Gasteiger partial charge is 0.496 e. The zero-order valence-electron chi connectivity index (χ0n) is 14.2. The van der Waals surface area contributed by atoms with Crippen molar-refractivity contribution in [3.05, 3.63) is 71.2 Å². The molecule has 0 spiro atoms. The fraction of sp³-hybridized carbons (Fsp3) is 0.105. The van der Waals surface area contributed by atoms with E-state index in [0.717, 1.165) is 0 Å². The zero-order chi connectivity index (χ0) is 18.7. The quantitative estimate of drug-likeness (QED) is 0.710. The second-order valence-electron chi connectivity index (χ2n) is 5.58. The van der Waals surface area contributed by atoms with Crippen LogP contribution in [0.5, 0.6) is 5.75 Å². The van der Waals surface area contributed by atoms with Gasteiger partial charge in [-0.1, -0.05) is 12.1 Å². The minimum atomic E-state index is -0.575. The van der Waals surface area contributed by atoms with Gasteiger partial charge >= 0.3 is 0 Å². The summed E-state index contributed by atoms with van der Waals surface area (Å²) >= 11 is 0. The SMILES string of the molecule is COc1ccccc1C(=O)NNC(=O)c1cc(C)nc2ccc(F)cc12. The molecule has 3 aromatic rings. The van der Waals surface area contributed by atoms with Crippen molar-refractivity contribution in [2.45, 2.75) is 6.92 Å². The van der Waals surface area contributed by atoms with E-state index in [0.29, 0.717) is 22.3 Å². The number of hydrogen-bond acceptors (Lipinski definition) is 4. The molecule has 0 aliphatic carbocycles. The van der Waals surface area contributed by atoms with E-state index >= 15 is 0 Å². The number of halogens is 1. The highest BCUT2D eigenvalue weighted by Gasteiger charge is 2.16. The Morgan fingerprint density at radius 3 is 2.42 bits per heavy atom. The lowest BCUT2D eigenvalue weighted by Gasteiger charge is -2.12. The molecule has 0 fully saturated rings. The van der Waals surface area contributed by atoms with E-state index in [4.69, 9.17) is 4.74 Å². The molecule has 2 N–H and O–H groups in total. The first-order valence-corrected chi connectivity index (χ1v) is 7.80. The first-order valence-electron chi connectivity index (χ1n) is 7.80. The van der Waals surface area contributed by atoms with E-state index in [9.17, 15) is 14.0 Å². The molecule has 0 bridgehead atoms. The molecule has 1 heterocycles. The van der Waals surface area contributed by atoms with Gasteiger partial charge in [-0.2, -0.15) is 0 Å². The highest BCUT2D eigenvalue weighted by atomic mass is 19.1. The lowest BCUT2D eigenvalue weighted by Crippen LogP contribution is -2.41. The summed E-state index contributed by atoms with van der Waals surface area (Å²) in [6, 6.07) is 12.2. The van der Waals surface area contributed by atoms with E-state index in [-0.39, 0.29) is 11.1 Å². The molecule has 2 amide bonds. The van der Waals surface area contributed by atoms with Crippen molar-refractivity contribution < 1.29 is 18.7 Å². The van der Waals surface area contributed by atoms with Crippen molar-refractivity contribution in [1.29, 1.82) is 0 Å². The highest BCUT2D eigenvalue weighted by molar-refractivity contribution is 6.07. The molecule has 0 unspecified atom stereocenters. The average Bonchev–Trinajstić information content (AvgIpc) is 2.65. The fourth-order valence-corrected chi connectivity index (χ4v) is 2.60. The summed E-state index contributed by atoms with van der Waals surface area (Å²) in [5, 5.41) is 0.361. The number of rotatable bonds is 3. The molecule has 3 rings (SSSR count). The van der Waals surface area contributed by atoms with Crippen LogP contribution in [0.1, 0.15) is 26.4 Å². The van der Waals surface area contributed by atoms with Crippen LogP contribution in [-0.2, 0) is 0 Å². The predicted molar refractivity (Wildman–Crippen MR) is 94.4 cm³/mol. The second-order valence-corrected chi connectivity index (χ2v) is 5.58. The highest BCUT2D eigenvalue weighted by Crippen LogP contribution is 2.20. The number of hydrogen-bond donors (Lipinski definition) is 2. The minimum absolute atomic E-state index is 0.215. The Kier molecular flexibility index (Phi) is 4.79. The van der Waals surface area contributed by atoms with Gasteiger partial charge in [-0.15, -0.1) is 0 Å². The Labute approximate surface area is 149 Å². The third-order valence-electron chi connectivity index (χ3n) is 3.78. The van der Waals surface area contributed by atoms with Crippen LogP contribution < -0.4 is 15.6 Å². The number of benzene rings is 2. The van der Waals surface area contributed by atoms with Crippen LogP contribution in [0.3, 0.4) is 0 Å². The van der Waals surface area contributed by atoms with Crippen molar-refractivity contribution in [3.8, 4) is 5.75 Å². The molecule has 7 heteroatoms. The van der Waals surface area contributed by atoms with Crippen molar-refractivity contribution >= 4 is 22.7 Å². The number of aromatic nitrogens is 1. The molecule has 26 heavy (non-hydrogen) atoms. The number of pyridine rings is 1. The van der Waals surface area contributed by atoms with Crippen LogP contribution in [-0.4, -0.2) is 23.9 Å². The minimum Gasteiger partial charge on any atom is -0.496 e. The maximum atomic E-state index is 13.6. The Bertz CT molecular complexity index is 1000. The normalized spacial score (nSPS) is 10.4. The number of amides is 2. The molecule has 6 nitrogen and oxygen atoms in total. The predicted octanol–water partition coefficient (Wildman–Crippen LogP) is 2.77. The Morgan fingerprint density at radius 1 is 1.00 bits per heavy atom. The van der Waals surface area contributed by atoms with Gasteiger partial charge in [0.15, 0.2) is 0 Å². The fourth-order valence-electron chi connectivity index (χ4n) is 2.60. The number of ether oxygens (including phenoxy) is 1. The van der Waals surface area contributed by atoms with Gasteiger partial charge in [0.1, 0.15) is 11.6 Å². The lowest BCUT2D eigenvalue weighted by molar-refractivity contribution is 0.0845. The van der Waals surface area contributed by atoms with Gasteiger partial charge < -0.3 is 4.74 Å². The van der Waals surface area contributed by atoms with E-state index in [1.54, 1.807) is 31.2 Å². The number of aryl methyl sites for hydroxylation is 1. The zero-order valence-corrected chi connectivity index (χ0v) is 14.2. The number of carbonyl (C=O) groups excluding carboxylic acids is 2. The Balaban J connectivity index is 1.84. The molecule has 0 saturated heterocycles. The molecule has 0 saturated carbocycles. The van der Waals surface area contributed by atoms with Crippen LogP contribution in [0.2, 0.25) is 0 Å². The summed E-state index contributed by atoms with van der Waals surface area (Å²) < 4.78 is 18.7. The number of carbonyl (C=O) groups is 2. The molecular formula is C19H16FN3O3. The van der Waals surface area contributed by atoms with E-state index in [2.05, 4.69) is 15.8 Å². The molecule has 2 aromatic carbocycles. The van der Waals surface area contributed by atoms with Crippen molar-refractivity contribution in [1.82, 2.24) is 15.8 Å². The maximum Gasteiger partial charge on any atom is 0.273 e.